The van der Waals surface area contributed by atoms with Crippen LogP contribution in [0.1, 0.15) is 13.8 Å². The lowest BCUT2D eigenvalue weighted by Crippen LogP contribution is -2.62. The Morgan fingerprint density at radius 3 is 2.92 bits per heavy atom. The molecule has 0 amide bonds. The van der Waals surface area contributed by atoms with Crippen molar-refractivity contribution >= 4 is 34.5 Å². The van der Waals surface area contributed by atoms with E-state index in [0.717, 1.165) is 11.0 Å². The van der Waals surface area contributed by atoms with Gasteiger partial charge in [0.1, 0.15) is 5.52 Å². The van der Waals surface area contributed by atoms with E-state index >= 15 is 0 Å². The third kappa shape index (κ3) is 2.16. The molecule has 0 spiro atoms. The van der Waals surface area contributed by atoms with Gasteiger partial charge in [0, 0.05) is 15.9 Å². The lowest BCUT2D eigenvalue weighted by Gasteiger charge is -2.39. The largest absolute Gasteiger partial charge is 0.481 e. The van der Waals surface area contributed by atoms with E-state index in [1.54, 1.807) is 16.4 Å². The molecular weight excluding hydrogens is 328 g/mol. The Hall–Kier alpha value is -1.93. The third-order valence-corrected chi connectivity index (χ3v) is 6.71. The molecule has 4 atom stereocenters. The SMILES string of the molecule is CC1(C)SC2C(NCn3nnc4ccccc43)C(=O)C2C1C(=O)O. The summed E-state index contributed by atoms with van der Waals surface area (Å²) < 4.78 is 1.28. The highest BCUT2D eigenvalue weighted by Gasteiger charge is 2.65. The maximum Gasteiger partial charge on any atom is 0.308 e. The standard InChI is InChI=1S/C16H18N4O3S/c1-16(2)11(15(22)23)10-13(21)12(14(10)24-16)17-7-20-9-6-4-3-5-8(9)18-19-20/h3-6,10-12,14,17H,7H2,1-2H3,(H,22,23). The first-order valence-corrected chi connectivity index (χ1v) is 8.74. The summed E-state index contributed by atoms with van der Waals surface area (Å²) >= 11 is 1.60. The van der Waals surface area contributed by atoms with Crippen LogP contribution in [-0.4, -0.2) is 47.9 Å². The summed E-state index contributed by atoms with van der Waals surface area (Å²) in [7, 11) is 0. The highest BCUT2D eigenvalue weighted by molar-refractivity contribution is 8.01. The number of carbonyl (C=O) groups excluding carboxylic acids is 1. The Balaban J connectivity index is 1.50. The van der Waals surface area contributed by atoms with Gasteiger partial charge in [-0.05, 0) is 26.0 Å². The molecule has 1 aromatic carbocycles. The van der Waals surface area contributed by atoms with E-state index in [1.807, 2.05) is 38.1 Å². The minimum absolute atomic E-state index is 0.00313. The molecule has 0 bridgehead atoms. The topological polar surface area (TPSA) is 97.1 Å². The zero-order valence-corrected chi connectivity index (χ0v) is 14.2. The van der Waals surface area contributed by atoms with E-state index < -0.39 is 22.6 Å². The molecule has 1 aliphatic carbocycles. The van der Waals surface area contributed by atoms with Gasteiger partial charge in [0.2, 0.25) is 0 Å². The first-order valence-electron chi connectivity index (χ1n) is 7.86. The molecule has 7 nitrogen and oxygen atoms in total. The summed E-state index contributed by atoms with van der Waals surface area (Å²) in [6.45, 7) is 4.19. The number of aromatic nitrogens is 3. The number of benzene rings is 1. The maximum atomic E-state index is 12.5. The molecule has 8 heteroatoms. The number of hydrogen-bond donors (Lipinski definition) is 2. The highest BCUT2D eigenvalue weighted by atomic mass is 32.2. The zero-order valence-electron chi connectivity index (χ0n) is 13.3. The number of rotatable bonds is 4. The van der Waals surface area contributed by atoms with Crippen molar-refractivity contribution in [2.24, 2.45) is 11.8 Å². The summed E-state index contributed by atoms with van der Waals surface area (Å²) in [5.74, 6) is -1.90. The highest BCUT2D eigenvalue weighted by Crippen LogP contribution is 2.57. The van der Waals surface area contributed by atoms with Crippen LogP contribution in [0.3, 0.4) is 0 Å². The van der Waals surface area contributed by atoms with Crippen molar-refractivity contribution in [3.8, 4) is 0 Å². The molecule has 4 rings (SSSR count). The average molecular weight is 346 g/mol. The number of nitrogens with zero attached hydrogens (tertiary/aromatic N) is 3. The molecule has 1 saturated carbocycles. The Morgan fingerprint density at radius 1 is 1.42 bits per heavy atom. The summed E-state index contributed by atoms with van der Waals surface area (Å²) in [4.78, 5) is 24.0. The fourth-order valence-corrected chi connectivity index (χ4v) is 5.76. The van der Waals surface area contributed by atoms with Crippen molar-refractivity contribution in [2.45, 2.75) is 36.6 Å². The number of carboxylic acids is 1. The van der Waals surface area contributed by atoms with Crippen molar-refractivity contribution in [3.63, 3.8) is 0 Å². The second kappa shape index (κ2) is 5.29. The van der Waals surface area contributed by atoms with Gasteiger partial charge in [-0.15, -0.1) is 16.9 Å². The number of carbonyl (C=O) groups is 2. The maximum absolute atomic E-state index is 12.5. The molecule has 1 aliphatic heterocycles. The van der Waals surface area contributed by atoms with Gasteiger partial charge < -0.3 is 5.11 Å². The smallest absolute Gasteiger partial charge is 0.308 e. The molecule has 126 valence electrons. The van der Waals surface area contributed by atoms with Crippen LogP contribution in [-0.2, 0) is 16.3 Å². The predicted octanol–water partition coefficient (Wildman–Crippen LogP) is 1.14. The Kier molecular flexibility index (Phi) is 3.43. The van der Waals surface area contributed by atoms with Crippen molar-refractivity contribution in [2.75, 3.05) is 0 Å². The van der Waals surface area contributed by atoms with Gasteiger partial charge in [-0.1, -0.05) is 17.3 Å². The average Bonchev–Trinajstić information content (AvgIpc) is 3.04. The number of fused-ring (bicyclic) bond motifs is 2. The quantitative estimate of drug-likeness (QED) is 0.857. The van der Waals surface area contributed by atoms with E-state index in [1.165, 1.54) is 0 Å². The van der Waals surface area contributed by atoms with E-state index in [2.05, 4.69) is 15.6 Å². The van der Waals surface area contributed by atoms with E-state index in [-0.39, 0.29) is 17.1 Å². The van der Waals surface area contributed by atoms with Gasteiger partial charge in [0.25, 0.3) is 0 Å². The molecule has 4 unspecified atom stereocenters. The third-order valence-electron chi connectivity index (χ3n) is 5.01. The fourth-order valence-electron chi connectivity index (χ4n) is 3.86. The molecule has 2 aromatic rings. The summed E-state index contributed by atoms with van der Waals surface area (Å²) in [5.41, 5.74) is 1.70. The molecule has 1 saturated heterocycles. The monoisotopic (exact) mass is 346 g/mol. The van der Waals surface area contributed by atoms with Crippen LogP contribution in [0, 0.1) is 11.8 Å². The molecular formula is C16H18N4O3S. The van der Waals surface area contributed by atoms with E-state index in [4.69, 9.17) is 0 Å². The van der Waals surface area contributed by atoms with Gasteiger partial charge in [-0.2, -0.15) is 0 Å². The summed E-state index contributed by atoms with van der Waals surface area (Å²) in [6.07, 6.45) is 0. The molecule has 2 fully saturated rings. The number of hydrogen-bond acceptors (Lipinski definition) is 6. The molecule has 2 N–H and O–H groups in total. The fraction of sp³-hybridized carbons (Fsp3) is 0.500. The van der Waals surface area contributed by atoms with Crippen molar-refractivity contribution in [3.05, 3.63) is 24.3 Å². The lowest BCUT2D eigenvalue weighted by molar-refractivity contribution is -0.151. The molecule has 24 heavy (non-hydrogen) atoms. The van der Waals surface area contributed by atoms with Gasteiger partial charge in [0.05, 0.1) is 24.1 Å². The number of nitrogens with one attached hydrogen (secondary N) is 1. The molecule has 1 aromatic heterocycles. The van der Waals surface area contributed by atoms with Crippen molar-refractivity contribution < 1.29 is 14.7 Å². The lowest BCUT2D eigenvalue weighted by atomic mass is 9.67. The van der Waals surface area contributed by atoms with E-state index in [0.29, 0.717) is 6.67 Å². The van der Waals surface area contributed by atoms with Gasteiger partial charge >= 0.3 is 5.97 Å². The van der Waals surface area contributed by atoms with Crippen LogP contribution in [0.25, 0.3) is 11.0 Å². The molecule has 2 heterocycles. The second-order valence-corrected chi connectivity index (χ2v) is 8.68. The number of aliphatic carboxylic acids is 1. The Morgan fingerprint density at radius 2 is 2.17 bits per heavy atom. The van der Waals surface area contributed by atoms with Crippen LogP contribution in [0.2, 0.25) is 0 Å². The van der Waals surface area contributed by atoms with Crippen LogP contribution in [0.15, 0.2) is 24.3 Å². The van der Waals surface area contributed by atoms with Gasteiger partial charge in [-0.3, -0.25) is 14.9 Å². The normalized spacial score (nSPS) is 31.0. The summed E-state index contributed by atoms with van der Waals surface area (Å²) in [6, 6.07) is 7.30. The van der Waals surface area contributed by atoms with Gasteiger partial charge in [0.15, 0.2) is 5.78 Å². The minimum atomic E-state index is -0.880. The number of thioether (sulfide) groups is 1. The Bertz CT molecular complexity index is 834. The summed E-state index contributed by atoms with van der Waals surface area (Å²) in [5, 5.41) is 20.9. The molecule has 2 aliphatic rings. The van der Waals surface area contributed by atoms with Crippen LogP contribution < -0.4 is 5.32 Å². The van der Waals surface area contributed by atoms with Crippen molar-refractivity contribution in [1.29, 1.82) is 0 Å². The van der Waals surface area contributed by atoms with Crippen LogP contribution in [0.4, 0.5) is 0 Å². The van der Waals surface area contributed by atoms with Gasteiger partial charge in [-0.25, -0.2) is 4.68 Å². The first kappa shape index (κ1) is 15.6. The zero-order chi connectivity index (χ0) is 17.1. The minimum Gasteiger partial charge on any atom is -0.481 e. The van der Waals surface area contributed by atoms with Crippen molar-refractivity contribution in [1.82, 2.24) is 20.3 Å². The first-order chi connectivity index (χ1) is 11.4. The molecule has 0 radical (unpaired) electrons. The van der Waals surface area contributed by atoms with E-state index in [9.17, 15) is 14.7 Å². The van der Waals surface area contributed by atoms with Crippen LogP contribution in [0.5, 0.6) is 0 Å². The number of para-hydroxylation sites is 1. The number of Topliss-reactive ketones (excluding diaryl/α,β-unsaturated/α-hetero) is 1. The Labute approximate surface area is 142 Å². The number of carboxylic acid groups (broad SMARTS) is 1. The predicted molar refractivity (Wildman–Crippen MR) is 89.5 cm³/mol. The number of ketones is 1. The second-order valence-electron chi connectivity index (χ2n) is 6.85. The van der Waals surface area contributed by atoms with Crippen LogP contribution >= 0.6 is 11.8 Å².